The van der Waals surface area contributed by atoms with Gasteiger partial charge in [0.15, 0.2) is 5.82 Å². The van der Waals surface area contributed by atoms with Crippen LogP contribution in [0.15, 0.2) is 29.1 Å². The second kappa shape index (κ2) is 6.55. The fraction of sp³-hybridized carbons (Fsp3) is 0.500. The van der Waals surface area contributed by atoms with E-state index in [1.54, 1.807) is 7.05 Å². The predicted octanol–water partition coefficient (Wildman–Crippen LogP) is 3.31. The van der Waals surface area contributed by atoms with Gasteiger partial charge in [-0.05, 0) is 18.9 Å². The van der Waals surface area contributed by atoms with Gasteiger partial charge in [-0.2, -0.15) is 5.10 Å². The zero-order chi connectivity index (χ0) is 14.5. The Morgan fingerprint density at radius 3 is 2.40 bits per heavy atom. The average molecular weight is 273 g/mol. The van der Waals surface area contributed by atoms with Gasteiger partial charge in [-0.1, -0.05) is 44.9 Å². The van der Waals surface area contributed by atoms with E-state index >= 15 is 0 Å². The molecule has 1 fully saturated rings. The molecular weight excluding hydrogens is 250 g/mol. The summed E-state index contributed by atoms with van der Waals surface area (Å²) >= 11 is 0. The van der Waals surface area contributed by atoms with Gasteiger partial charge in [0.25, 0.3) is 5.56 Å². The smallest absolute Gasteiger partial charge is 0.274 e. The standard InChI is InChI=1S/C14H17N3O.C2H6/c1-17-14(18)12-9-5-4-8-11(12)13(16-17)15-10-6-2-3-7-10;1-2/h4-5,8-10H,2-3,6-7H2,1H3,(H,15,16);1-2H3. The van der Waals surface area contributed by atoms with Gasteiger partial charge in [0, 0.05) is 18.5 Å². The van der Waals surface area contributed by atoms with E-state index in [9.17, 15) is 4.79 Å². The second-order valence-electron chi connectivity index (χ2n) is 4.95. The summed E-state index contributed by atoms with van der Waals surface area (Å²) in [6.07, 6.45) is 4.94. The summed E-state index contributed by atoms with van der Waals surface area (Å²) in [5.74, 6) is 0.833. The lowest BCUT2D eigenvalue weighted by Crippen LogP contribution is -2.24. The molecule has 4 nitrogen and oxygen atoms in total. The summed E-state index contributed by atoms with van der Waals surface area (Å²) in [4.78, 5) is 12.0. The Bertz CT molecular complexity index is 627. The van der Waals surface area contributed by atoms with Crippen LogP contribution >= 0.6 is 0 Å². The molecule has 0 unspecified atom stereocenters. The maximum Gasteiger partial charge on any atom is 0.274 e. The van der Waals surface area contributed by atoms with Gasteiger partial charge in [-0.25, -0.2) is 4.68 Å². The van der Waals surface area contributed by atoms with Gasteiger partial charge < -0.3 is 5.32 Å². The van der Waals surface area contributed by atoms with Crippen LogP contribution in [0, 0.1) is 0 Å². The highest BCUT2D eigenvalue weighted by Crippen LogP contribution is 2.24. The van der Waals surface area contributed by atoms with Gasteiger partial charge in [0.1, 0.15) is 0 Å². The predicted molar refractivity (Wildman–Crippen MR) is 84.2 cm³/mol. The first-order valence-corrected chi connectivity index (χ1v) is 7.48. The Hall–Kier alpha value is -1.84. The molecule has 3 rings (SSSR count). The molecule has 1 aliphatic carbocycles. The van der Waals surface area contributed by atoms with E-state index in [-0.39, 0.29) is 5.56 Å². The van der Waals surface area contributed by atoms with E-state index in [1.807, 2.05) is 38.1 Å². The molecular formula is C16H23N3O. The summed E-state index contributed by atoms with van der Waals surface area (Å²) in [7, 11) is 1.70. The summed E-state index contributed by atoms with van der Waals surface area (Å²) in [5.41, 5.74) is -0.0393. The summed E-state index contributed by atoms with van der Waals surface area (Å²) in [6.45, 7) is 4.00. The number of nitrogens with zero attached hydrogens (tertiary/aromatic N) is 2. The van der Waals surface area contributed by atoms with Crippen molar-refractivity contribution in [1.82, 2.24) is 9.78 Å². The molecule has 0 spiro atoms. The normalized spacial score (nSPS) is 14.9. The van der Waals surface area contributed by atoms with Gasteiger partial charge in [0.2, 0.25) is 0 Å². The summed E-state index contributed by atoms with van der Waals surface area (Å²) < 4.78 is 1.42. The third-order valence-corrected chi connectivity index (χ3v) is 3.65. The highest BCUT2D eigenvalue weighted by molar-refractivity contribution is 5.90. The fourth-order valence-corrected chi connectivity index (χ4v) is 2.67. The molecule has 0 radical (unpaired) electrons. The molecule has 0 amide bonds. The van der Waals surface area contributed by atoms with E-state index in [1.165, 1.54) is 30.4 Å². The zero-order valence-electron chi connectivity index (χ0n) is 12.5. The van der Waals surface area contributed by atoms with Crippen LogP contribution in [-0.4, -0.2) is 15.8 Å². The number of fused-ring (bicyclic) bond motifs is 1. The van der Waals surface area contributed by atoms with Gasteiger partial charge in [-0.15, -0.1) is 0 Å². The second-order valence-corrected chi connectivity index (χ2v) is 4.95. The van der Waals surface area contributed by atoms with Crippen molar-refractivity contribution in [2.75, 3.05) is 5.32 Å². The topological polar surface area (TPSA) is 46.9 Å². The Balaban J connectivity index is 0.000000704. The summed E-state index contributed by atoms with van der Waals surface area (Å²) in [5, 5.41) is 9.49. The first-order valence-electron chi connectivity index (χ1n) is 7.48. The van der Waals surface area contributed by atoms with Gasteiger partial charge >= 0.3 is 0 Å². The maximum absolute atomic E-state index is 12.0. The Kier molecular flexibility index (Phi) is 4.77. The largest absolute Gasteiger partial charge is 0.365 e. The van der Waals surface area contributed by atoms with Crippen LogP contribution in [0.5, 0.6) is 0 Å². The molecule has 1 aromatic carbocycles. The van der Waals surface area contributed by atoms with Crippen LogP contribution in [0.25, 0.3) is 10.8 Å². The van der Waals surface area contributed by atoms with Crippen molar-refractivity contribution in [2.24, 2.45) is 7.05 Å². The number of aryl methyl sites for hydroxylation is 1. The van der Waals surface area contributed by atoms with E-state index in [0.29, 0.717) is 6.04 Å². The minimum absolute atomic E-state index is 0.0393. The molecule has 0 atom stereocenters. The van der Waals surface area contributed by atoms with Crippen molar-refractivity contribution in [3.8, 4) is 0 Å². The van der Waals surface area contributed by atoms with Crippen LogP contribution < -0.4 is 10.9 Å². The molecule has 1 aliphatic rings. The Morgan fingerprint density at radius 2 is 1.75 bits per heavy atom. The number of aromatic nitrogens is 2. The van der Waals surface area contributed by atoms with Crippen molar-refractivity contribution in [3.63, 3.8) is 0 Å². The molecule has 0 aliphatic heterocycles. The minimum atomic E-state index is -0.0393. The highest BCUT2D eigenvalue weighted by atomic mass is 16.1. The van der Waals surface area contributed by atoms with E-state index in [0.717, 1.165) is 16.6 Å². The molecule has 108 valence electrons. The molecule has 1 heterocycles. The van der Waals surface area contributed by atoms with Crippen molar-refractivity contribution >= 4 is 16.6 Å². The number of benzene rings is 1. The lowest BCUT2D eigenvalue weighted by atomic mass is 10.1. The SMILES string of the molecule is CC.Cn1nc(NC2CCCC2)c2ccccc2c1=O. The molecule has 0 bridgehead atoms. The van der Waals surface area contributed by atoms with E-state index in [2.05, 4.69) is 10.4 Å². The van der Waals surface area contributed by atoms with Crippen LogP contribution in [0.4, 0.5) is 5.82 Å². The quantitative estimate of drug-likeness (QED) is 0.913. The average Bonchev–Trinajstić information content (AvgIpc) is 3.00. The number of nitrogens with one attached hydrogen (secondary N) is 1. The highest BCUT2D eigenvalue weighted by Gasteiger charge is 2.17. The first-order chi connectivity index (χ1) is 9.75. The molecule has 1 aromatic heterocycles. The van der Waals surface area contributed by atoms with Gasteiger partial charge in [-0.3, -0.25) is 4.79 Å². The molecule has 2 aromatic rings. The lowest BCUT2D eigenvalue weighted by Gasteiger charge is -2.15. The van der Waals surface area contributed by atoms with Crippen molar-refractivity contribution < 1.29 is 0 Å². The van der Waals surface area contributed by atoms with E-state index < -0.39 is 0 Å². The number of anilines is 1. The number of hydrogen-bond acceptors (Lipinski definition) is 3. The molecule has 4 heteroatoms. The van der Waals surface area contributed by atoms with Crippen molar-refractivity contribution in [1.29, 1.82) is 0 Å². The third kappa shape index (κ3) is 2.84. The third-order valence-electron chi connectivity index (χ3n) is 3.65. The van der Waals surface area contributed by atoms with Crippen LogP contribution in [0.3, 0.4) is 0 Å². The Morgan fingerprint density at radius 1 is 1.15 bits per heavy atom. The van der Waals surface area contributed by atoms with Crippen LogP contribution in [-0.2, 0) is 7.05 Å². The van der Waals surface area contributed by atoms with E-state index in [4.69, 9.17) is 0 Å². The van der Waals surface area contributed by atoms with Gasteiger partial charge in [0.05, 0.1) is 5.39 Å². The lowest BCUT2D eigenvalue weighted by molar-refractivity contribution is 0.698. The first kappa shape index (κ1) is 14.6. The fourth-order valence-electron chi connectivity index (χ4n) is 2.67. The number of hydrogen-bond donors (Lipinski definition) is 1. The van der Waals surface area contributed by atoms with Crippen LogP contribution in [0.2, 0.25) is 0 Å². The monoisotopic (exact) mass is 273 g/mol. The Labute approximate surface area is 119 Å². The molecule has 20 heavy (non-hydrogen) atoms. The molecule has 1 N–H and O–H groups in total. The summed E-state index contributed by atoms with van der Waals surface area (Å²) in [6, 6.07) is 8.16. The number of rotatable bonds is 2. The van der Waals surface area contributed by atoms with Crippen molar-refractivity contribution in [3.05, 3.63) is 34.6 Å². The molecule has 0 saturated heterocycles. The molecule has 1 saturated carbocycles. The maximum atomic E-state index is 12.0. The minimum Gasteiger partial charge on any atom is -0.365 e. The van der Waals surface area contributed by atoms with Crippen molar-refractivity contribution in [2.45, 2.75) is 45.6 Å². The van der Waals surface area contributed by atoms with Crippen LogP contribution in [0.1, 0.15) is 39.5 Å². The zero-order valence-corrected chi connectivity index (χ0v) is 12.5.